The van der Waals surface area contributed by atoms with Crippen molar-refractivity contribution in [2.24, 2.45) is 0 Å². The van der Waals surface area contributed by atoms with Crippen LogP contribution in [-0.2, 0) is 10.0 Å². The summed E-state index contributed by atoms with van der Waals surface area (Å²) in [6.45, 7) is 2.01. The van der Waals surface area contributed by atoms with Crippen molar-refractivity contribution in [3.63, 3.8) is 0 Å². The van der Waals surface area contributed by atoms with E-state index in [1.165, 1.54) is 22.5 Å². The molecule has 110 valence electrons. The number of carboxylic acid groups (broad SMARTS) is 1. The lowest BCUT2D eigenvalue weighted by atomic mass is 10.1. The van der Waals surface area contributed by atoms with Gasteiger partial charge in [-0.15, -0.1) is 0 Å². The first-order chi connectivity index (χ1) is 9.32. The number of aliphatic hydroxyl groups excluding tert-OH is 1. The van der Waals surface area contributed by atoms with Crippen LogP contribution in [0.1, 0.15) is 28.8 Å². The van der Waals surface area contributed by atoms with E-state index in [9.17, 15) is 18.3 Å². The maximum atomic E-state index is 12.4. The van der Waals surface area contributed by atoms with E-state index in [0.29, 0.717) is 24.9 Å². The number of carbonyl (C=O) groups is 1. The van der Waals surface area contributed by atoms with Crippen molar-refractivity contribution >= 4 is 16.0 Å². The van der Waals surface area contributed by atoms with Gasteiger partial charge in [0.1, 0.15) is 0 Å². The molecule has 6 nitrogen and oxygen atoms in total. The smallest absolute Gasteiger partial charge is 0.335 e. The topological polar surface area (TPSA) is 94.9 Å². The van der Waals surface area contributed by atoms with E-state index in [1.54, 1.807) is 6.92 Å². The molecule has 1 aliphatic heterocycles. The van der Waals surface area contributed by atoms with Gasteiger partial charge in [-0.3, -0.25) is 0 Å². The molecule has 1 atom stereocenters. The van der Waals surface area contributed by atoms with Gasteiger partial charge in [0.05, 0.1) is 16.6 Å². The maximum absolute atomic E-state index is 12.4. The molecule has 1 heterocycles. The molecule has 1 fully saturated rings. The monoisotopic (exact) mass is 299 g/mol. The maximum Gasteiger partial charge on any atom is 0.335 e. The van der Waals surface area contributed by atoms with Crippen molar-refractivity contribution in [3.8, 4) is 0 Å². The molecule has 7 heteroatoms. The zero-order chi connectivity index (χ0) is 14.9. The van der Waals surface area contributed by atoms with Crippen LogP contribution in [0.15, 0.2) is 23.1 Å². The zero-order valence-electron chi connectivity index (χ0n) is 11.1. The quantitative estimate of drug-likeness (QED) is 0.862. The highest BCUT2D eigenvalue weighted by Crippen LogP contribution is 2.23. The number of rotatable bonds is 3. The van der Waals surface area contributed by atoms with Crippen LogP contribution in [0.2, 0.25) is 0 Å². The summed E-state index contributed by atoms with van der Waals surface area (Å²) in [5, 5.41) is 18.6. The second-order valence-electron chi connectivity index (χ2n) is 4.94. The number of piperidine rings is 1. The van der Waals surface area contributed by atoms with Crippen LogP contribution in [0.5, 0.6) is 0 Å². The Balaban J connectivity index is 2.39. The summed E-state index contributed by atoms with van der Waals surface area (Å²) in [5.41, 5.74) is 0.485. The second kappa shape index (κ2) is 5.51. The third kappa shape index (κ3) is 2.84. The number of aliphatic hydroxyl groups is 1. The molecule has 1 aliphatic rings. The Morgan fingerprint density at radius 3 is 2.70 bits per heavy atom. The lowest BCUT2D eigenvalue weighted by molar-refractivity contribution is 0.0695. The van der Waals surface area contributed by atoms with Crippen LogP contribution in [-0.4, -0.2) is 48.1 Å². The first-order valence-electron chi connectivity index (χ1n) is 6.34. The van der Waals surface area contributed by atoms with E-state index in [4.69, 9.17) is 5.11 Å². The van der Waals surface area contributed by atoms with E-state index >= 15 is 0 Å². The van der Waals surface area contributed by atoms with E-state index < -0.39 is 22.1 Å². The van der Waals surface area contributed by atoms with Crippen molar-refractivity contribution < 1.29 is 23.4 Å². The van der Waals surface area contributed by atoms with Gasteiger partial charge in [0.15, 0.2) is 0 Å². The summed E-state index contributed by atoms with van der Waals surface area (Å²) in [4.78, 5) is 11.0. The number of aromatic carboxylic acids is 1. The number of benzene rings is 1. The van der Waals surface area contributed by atoms with Crippen molar-refractivity contribution in [1.29, 1.82) is 0 Å². The van der Waals surface area contributed by atoms with E-state index in [2.05, 4.69) is 0 Å². The Morgan fingerprint density at radius 1 is 1.40 bits per heavy atom. The highest BCUT2D eigenvalue weighted by molar-refractivity contribution is 7.89. The average Bonchev–Trinajstić information content (AvgIpc) is 2.38. The summed E-state index contributed by atoms with van der Waals surface area (Å²) in [6.07, 6.45) is 0.515. The largest absolute Gasteiger partial charge is 0.478 e. The SMILES string of the molecule is Cc1ccc(S(=O)(=O)N2CCC[C@H](O)C2)cc1C(=O)O. The lowest BCUT2D eigenvalue weighted by Crippen LogP contribution is -2.42. The minimum Gasteiger partial charge on any atom is -0.478 e. The Hall–Kier alpha value is -1.44. The minimum absolute atomic E-state index is 0.0244. The average molecular weight is 299 g/mol. The van der Waals surface area contributed by atoms with Crippen molar-refractivity contribution in [2.75, 3.05) is 13.1 Å². The minimum atomic E-state index is -3.76. The fourth-order valence-electron chi connectivity index (χ4n) is 2.28. The fourth-order valence-corrected chi connectivity index (χ4v) is 3.82. The molecule has 2 N–H and O–H groups in total. The molecule has 0 amide bonds. The number of nitrogens with zero attached hydrogens (tertiary/aromatic N) is 1. The van der Waals surface area contributed by atoms with Crippen LogP contribution >= 0.6 is 0 Å². The van der Waals surface area contributed by atoms with Gasteiger partial charge in [0, 0.05) is 13.1 Å². The Bertz CT molecular complexity index is 626. The number of hydrogen-bond donors (Lipinski definition) is 2. The summed E-state index contributed by atoms with van der Waals surface area (Å²) >= 11 is 0. The highest BCUT2D eigenvalue weighted by Gasteiger charge is 2.30. The number of aryl methyl sites for hydroxylation is 1. The Morgan fingerprint density at radius 2 is 2.10 bits per heavy atom. The molecule has 1 aromatic carbocycles. The summed E-state index contributed by atoms with van der Waals surface area (Å²) in [6, 6.07) is 4.06. The molecular formula is C13H17NO5S. The van der Waals surface area contributed by atoms with Gasteiger partial charge in [-0.2, -0.15) is 4.31 Å². The van der Waals surface area contributed by atoms with Crippen molar-refractivity contribution in [3.05, 3.63) is 29.3 Å². The summed E-state index contributed by atoms with van der Waals surface area (Å²) in [7, 11) is -3.76. The molecule has 0 aromatic heterocycles. The standard InChI is InChI=1S/C13H17NO5S/c1-9-4-5-11(7-12(9)13(16)17)20(18,19)14-6-2-3-10(15)8-14/h4-5,7,10,15H,2-3,6,8H2,1H3,(H,16,17)/t10-/m0/s1. The molecule has 0 saturated carbocycles. The second-order valence-corrected chi connectivity index (χ2v) is 6.88. The van der Waals surface area contributed by atoms with Gasteiger partial charge < -0.3 is 10.2 Å². The molecular weight excluding hydrogens is 282 g/mol. The Labute approximate surface area is 117 Å². The number of carboxylic acids is 1. The fraction of sp³-hybridized carbons (Fsp3) is 0.462. The number of β-amino-alcohol motifs (C(OH)–C–C–N with tert-alkyl or cyclic N) is 1. The Kier molecular flexibility index (Phi) is 4.12. The van der Waals surface area contributed by atoms with Gasteiger partial charge >= 0.3 is 5.97 Å². The summed E-state index contributed by atoms with van der Waals surface area (Å²) in [5.74, 6) is -1.15. The van der Waals surface area contributed by atoms with E-state index in [-0.39, 0.29) is 17.0 Å². The molecule has 0 unspecified atom stereocenters. The molecule has 20 heavy (non-hydrogen) atoms. The van der Waals surface area contributed by atoms with Crippen LogP contribution in [0.4, 0.5) is 0 Å². The highest BCUT2D eigenvalue weighted by atomic mass is 32.2. The first kappa shape index (κ1) is 15.0. The van der Waals surface area contributed by atoms with Crippen LogP contribution in [0, 0.1) is 6.92 Å². The zero-order valence-corrected chi connectivity index (χ0v) is 11.9. The lowest BCUT2D eigenvalue weighted by Gasteiger charge is -2.29. The van der Waals surface area contributed by atoms with Crippen LogP contribution in [0.3, 0.4) is 0 Å². The molecule has 2 rings (SSSR count). The molecule has 1 aromatic rings. The van der Waals surface area contributed by atoms with Gasteiger partial charge in [0.25, 0.3) is 0 Å². The van der Waals surface area contributed by atoms with E-state index in [1.807, 2.05) is 0 Å². The normalized spacial score (nSPS) is 20.8. The number of hydrogen-bond acceptors (Lipinski definition) is 4. The van der Waals surface area contributed by atoms with Gasteiger partial charge in [0.2, 0.25) is 10.0 Å². The molecule has 0 aliphatic carbocycles. The number of sulfonamides is 1. The third-order valence-corrected chi connectivity index (χ3v) is 5.30. The third-order valence-electron chi connectivity index (χ3n) is 3.44. The van der Waals surface area contributed by atoms with E-state index in [0.717, 1.165) is 0 Å². The van der Waals surface area contributed by atoms with Crippen molar-refractivity contribution in [1.82, 2.24) is 4.31 Å². The predicted octanol–water partition coefficient (Wildman–Crippen LogP) is 0.839. The van der Waals surface area contributed by atoms with Crippen LogP contribution in [0.25, 0.3) is 0 Å². The molecule has 0 radical (unpaired) electrons. The van der Waals surface area contributed by atoms with Crippen molar-refractivity contribution in [2.45, 2.75) is 30.8 Å². The molecule has 0 bridgehead atoms. The van der Waals surface area contributed by atoms with Gasteiger partial charge in [-0.25, -0.2) is 13.2 Å². The van der Waals surface area contributed by atoms with Crippen LogP contribution < -0.4 is 0 Å². The first-order valence-corrected chi connectivity index (χ1v) is 7.78. The molecule has 0 spiro atoms. The van der Waals surface area contributed by atoms with Gasteiger partial charge in [-0.1, -0.05) is 6.07 Å². The molecule has 1 saturated heterocycles. The summed E-state index contributed by atoms with van der Waals surface area (Å²) < 4.78 is 26.1. The van der Waals surface area contributed by atoms with Gasteiger partial charge in [-0.05, 0) is 37.5 Å². The predicted molar refractivity (Wildman–Crippen MR) is 72.1 cm³/mol.